The fraction of sp³-hybridized carbons (Fsp3) is 0.500. The third-order valence-corrected chi connectivity index (χ3v) is 6.52. The van der Waals surface area contributed by atoms with Gasteiger partial charge in [0.1, 0.15) is 0 Å². The Bertz CT molecular complexity index is 464. The Morgan fingerprint density at radius 1 is 1.37 bits per heavy atom. The van der Waals surface area contributed by atoms with E-state index in [1.807, 2.05) is 13.8 Å². The number of carboxylic acid groups (broad SMARTS) is 1. The van der Waals surface area contributed by atoms with Gasteiger partial charge in [-0.25, -0.2) is 0 Å². The summed E-state index contributed by atoms with van der Waals surface area (Å²) in [5.74, 6) is -1.12. The van der Waals surface area contributed by atoms with Crippen LogP contribution in [0.1, 0.15) is 36.4 Å². The van der Waals surface area contributed by atoms with Crippen molar-refractivity contribution in [2.75, 3.05) is 6.54 Å². The van der Waals surface area contributed by atoms with E-state index in [1.54, 1.807) is 6.07 Å². The van der Waals surface area contributed by atoms with Crippen LogP contribution in [0.4, 0.5) is 0 Å². The summed E-state index contributed by atoms with van der Waals surface area (Å²) >= 11 is 7.94. The molecule has 0 atom stereocenters. The molecule has 0 aliphatic heterocycles. The lowest BCUT2D eigenvalue weighted by atomic mass is 9.82. The van der Waals surface area contributed by atoms with Gasteiger partial charge < -0.3 is 10.4 Å². The van der Waals surface area contributed by atoms with Crippen LogP contribution in [0.15, 0.2) is 14.3 Å². The van der Waals surface area contributed by atoms with Crippen molar-refractivity contribution in [3.05, 3.63) is 19.2 Å². The molecule has 0 unspecified atom stereocenters. The van der Waals surface area contributed by atoms with Crippen LogP contribution in [0.2, 0.25) is 0 Å². The number of hydrogen-bond donors (Lipinski definition) is 2. The Kier molecular flexibility index (Phi) is 6.01. The van der Waals surface area contributed by atoms with Gasteiger partial charge in [0.25, 0.3) is 5.91 Å². The first-order valence-corrected chi connectivity index (χ1v) is 8.23. The molecule has 0 saturated carbocycles. The van der Waals surface area contributed by atoms with Crippen LogP contribution in [-0.2, 0) is 4.79 Å². The van der Waals surface area contributed by atoms with Gasteiger partial charge >= 0.3 is 5.97 Å². The number of nitrogens with one attached hydrogen (secondary N) is 1. The van der Waals surface area contributed by atoms with Crippen molar-refractivity contribution in [3.8, 4) is 0 Å². The predicted molar refractivity (Wildman–Crippen MR) is 82.7 cm³/mol. The summed E-state index contributed by atoms with van der Waals surface area (Å²) in [5.41, 5.74) is -0.888. The summed E-state index contributed by atoms with van der Waals surface area (Å²) in [7, 11) is 0. The second kappa shape index (κ2) is 6.85. The molecule has 1 rings (SSSR count). The van der Waals surface area contributed by atoms with Crippen LogP contribution < -0.4 is 5.32 Å². The molecule has 0 aliphatic carbocycles. The Balaban J connectivity index is 2.75. The Morgan fingerprint density at radius 2 is 1.95 bits per heavy atom. The number of amides is 1. The van der Waals surface area contributed by atoms with Crippen molar-refractivity contribution in [1.29, 1.82) is 0 Å². The molecule has 0 spiro atoms. The molecule has 4 nitrogen and oxygen atoms in total. The molecule has 0 aromatic carbocycles. The van der Waals surface area contributed by atoms with Crippen molar-refractivity contribution in [3.63, 3.8) is 0 Å². The van der Waals surface area contributed by atoms with E-state index < -0.39 is 11.4 Å². The zero-order valence-corrected chi connectivity index (χ0v) is 14.6. The largest absolute Gasteiger partial charge is 0.481 e. The normalized spacial score (nSPS) is 11.4. The average Bonchev–Trinajstić information content (AvgIpc) is 2.71. The van der Waals surface area contributed by atoms with Gasteiger partial charge in [-0.1, -0.05) is 13.8 Å². The summed E-state index contributed by atoms with van der Waals surface area (Å²) in [5, 5.41) is 12.0. The Labute approximate surface area is 132 Å². The molecule has 1 heterocycles. The summed E-state index contributed by atoms with van der Waals surface area (Å²) in [4.78, 5) is 23.8. The first-order valence-electron chi connectivity index (χ1n) is 5.82. The number of hydrogen-bond acceptors (Lipinski definition) is 3. The van der Waals surface area contributed by atoms with Crippen LogP contribution in [0.25, 0.3) is 0 Å². The van der Waals surface area contributed by atoms with Crippen molar-refractivity contribution >= 4 is 55.1 Å². The number of thiophene rings is 1. The predicted octanol–water partition coefficient (Wildman–Crippen LogP) is 3.89. The van der Waals surface area contributed by atoms with Gasteiger partial charge in [-0.05, 0) is 50.8 Å². The minimum atomic E-state index is -0.888. The van der Waals surface area contributed by atoms with Gasteiger partial charge in [0.15, 0.2) is 0 Å². The number of aliphatic carboxylic acids is 1. The van der Waals surface area contributed by atoms with Crippen molar-refractivity contribution in [1.82, 2.24) is 5.32 Å². The van der Waals surface area contributed by atoms with E-state index in [1.165, 1.54) is 11.3 Å². The van der Waals surface area contributed by atoms with Gasteiger partial charge in [0, 0.05) is 11.0 Å². The highest BCUT2D eigenvalue weighted by atomic mass is 79.9. The highest BCUT2D eigenvalue weighted by Gasteiger charge is 2.35. The summed E-state index contributed by atoms with van der Waals surface area (Å²) in [6, 6.07) is 1.71. The molecule has 106 valence electrons. The van der Waals surface area contributed by atoms with E-state index >= 15 is 0 Å². The monoisotopic (exact) mass is 411 g/mol. The van der Waals surface area contributed by atoms with Gasteiger partial charge in [-0.3, -0.25) is 9.59 Å². The maximum atomic E-state index is 12.0. The molecule has 19 heavy (non-hydrogen) atoms. The van der Waals surface area contributed by atoms with E-state index in [2.05, 4.69) is 37.2 Å². The number of rotatable bonds is 6. The molecule has 0 fully saturated rings. The molecule has 0 aliphatic rings. The van der Waals surface area contributed by atoms with E-state index in [0.717, 1.165) is 8.26 Å². The maximum Gasteiger partial charge on any atom is 0.311 e. The van der Waals surface area contributed by atoms with E-state index in [-0.39, 0.29) is 12.5 Å². The minimum absolute atomic E-state index is 0.140. The number of carbonyl (C=O) groups is 2. The van der Waals surface area contributed by atoms with Crippen molar-refractivity contribution in [2.24, 2.45) is 5.41 Å². The molecule has 2 N–H and O–H groups in total. The van der Waals surface area contributed by atoms with Gasteiger partial charge in [-0.2, -0.15) is 0 Å². The standard InChI is InChI=1S/C12H15Br2NO3S/c1-3-12(4-2,11(17)18)6-15-10(16)8-5-7(13)9(14)19-8/h5H,3-4,6H2,1-2H3,(H,15,16)(H,17,18). The van der Waals surface area contributed by atoms with E-state index in [4.69, 9.17) is 0 Å². The molecular weight excluding hydrogens is 398 g/mol. The molecule has 0 bridgehead atoms. The topological polar surface area (TPSA) is 66.4 Å². The third-order valence-electron chi connectivity index (χ3n) is 3.26. The highest BCUT2D eigenvalue weighted by molar-refractivity contribution is 9.13. The number of carboxylic acids is 1. The molecular formula is C12H15Br2NO3S. The average molecular weight is 413 g/mol. The lowest BCUT2D eigenvalue weighted by molar-refractivity contribution is -0.149. The summed E-state index contributed by atoms with van der Waals surface area (Å²) in [6.07, 6.45) is 0.966. The van der Waals surface area contributed by atoms with E-state index in [0.29, 0.717) is 17.7 Å². The van der Waals surface area contributed by atoms with Gasteiger partial charge in [-0.15, -0.1) is 11.3 Å². The van der Waals surface area contributed by atoms with Crippen LogP contribution in [-0.4, -0.2) is 23.5 Å². The van der Waals surface area contributed by atoms with Crippen LogP contribution in [0, 0.1) is 5.41 Å². The van der Waals surface area contributed by atoms with Crippen LogP contribution in [0.5, 0.6) is 0 Å². The van der Waals surface area contributed by atoms with Gasteiger partial charge in [0.05, 0.1) is 14.1 Å². The zero-order valence-electron chi connectivity index (χ0n) is 10.6. The van der Waals surface area contributed by atoms with E-state index in [9.17, 15) is 14.7 Å². The van der Waals surface area contributed by atoms with Crippen LogP contribution in [0.3, 0.4) is 0 Å². The first kappa shape index (κ1) is 16.7. The zero-order chi connectivity index (χ0) is 14.6. The second-order valence-electron chi connectivity index (χ2n) is 4.21. The maximum absolute atomic E-state index is 12.0. The number of halogens is 2. The van der Waals surface area contributed by atoms with Crippen molar-refractivity contribution < 1.29 is 14.7 Å². The summed E-state index contributed by atoms with van der Waals surface area (Å²) in [6.45, 7) is 3.78. The molecule has 1 amide bonds. The molecule has 0 saturated heterocycles. The number of carbonyl (C=O) groups excluding carboxylic acids is 1. The van der Waals surface area contributed by atoms with Crippen molar-refractivity contribution in [2.45, 2.75) is 26.7 Å². The lowest BCUT2D eigenvalue weighted by Crippen LogP contribution is -2.42. The van der Waals surface area contributed by atoms with Crippen LogP contribution >= 0.6 is 43.2 Å². The molecule has 1 aromatic heterocycles. The molecule has 7 heteroatoms. The van der Waals surface area contributed by atoms with Gasteiger partial charge in [0.2, 0.25) is 0 Å². The SMILES string of the molecule is CCC(CC)(CNC(=O)c1cc(Br)c(Br)s1)C(=O)O. The summed E-state index contributed by atoms with van der Waals surface area (Å²) < 4.78 is 1.66. The fourth-order valence-electron chi connectivity index (χ4n) is 1.67. The fourth-order valence-corrected chi connectivity index (χ4v) is 3.63. The highest BCUT2D eigenvalue weighted by Crippen LogP contribution is 2.32. The minimum Gasteiger partial charge on any atom is -0.481 e. The third kappa shape index (κ3) is 3.79. The smallest absolute Gasteiger partial charge is 0.311 e. The first-order chi connectivity index (χ1) is 8.86. The quantitative estimate of drug-likeness (QED) is 0.744. The molecule has 0 radical (unpaired) electrons. The lowest BCUT2D eigenvalue weighted by Gasteiger charge is -2.26. The Morgan fingerprint density at radius 3 is 2.32 bits per heavy atom. The molecule has 1 aromatic rings. The Hall–Kier alpha value is -0.400. The second-order valence-corrected chi connectivity index (χ2v) is 7.43.